The highest BCUT2D eigenvalue weighted by Gasteiger charge is 2.20. The number of ether oxygens (including phenoxy) is 1. The second-order valence-corrected chi connectivity index (χ2v) is 8.12. The number of hydrogen-bond acceptors (Lipinski definition) is 8. The summed E-state index contributed by atoms with van der Waals surface area (Å²) < 4.78 is 37.4. The lowest BCUT2D eigenvalue weighted by Crippen LogP contribution is -2.28. The quantitative estimate of drug-likeness (QED) is 0.534. The lowest BCUT2D eigenvalue weighted by molar-refractivity contribution is 0.376. The SMILES string of the molecule is COc1ccc(CN(c2ccc(C#N)cc2)n2cnnc2)cc1OS(=O)(=O)N(C)C. The van der Waals surface area contributed by atoms with Gasteiger partial charge in [0.1, 0.15) is 12.7 Å². The van der Waals surface area contributed by atoms with E-state index in [1.807, 2.05) is 5.01 Å². The van der Waals surface area contributed by atoms with E-state index in [0.29, 0.717) is 17.9 Å². The normalized spacial score (nSPS) is 11.2. The Morgan fingerprint density at radius 2 is 1.73 bits per heavy atom. The van der Waals surface area contributed by atoms with Crippen molar-refractivity contribution in [1.82, 2.24) is 19.2 Å². The number of methoxy groups -OCH3 is 1. The second kappa shape index (κ2) is 8.81. The number of nitriles is 1. The summed E-state index contributed by atoms with van der Waals surface area (Å²) in [6.45, 7) is 0.340. The molecule has 1 aromatic heterocycles. The molecule has 0 spiro atoms. The smallest absolute Gasteiger partial charge is 0.384 e. The minimum Gasteiger partial charge on any atom is -0.493 e. The van der Waals surface area contributed by atoms with Gasteiger partial charge in [-0.2, -0.15) is 18.0 Å². The van der Waals surface area contributed by atoms with Gasteiger partial charge >= 0.3 is 10.3 Å². The zero-order valence-electron chi connectivity index (χ0n) is 16.6. The molecular formula is C19H20N6O4S. The molecule has 0 aliphatic carbocycles. The zero-order chi connectivity index (χ0) is 21.7. The Hall–Kier alpha value is -3.62. The van der Waals surface area contributed by atoms with Crippen molar-refractivity contribution >= 4 is 16.0 Å². The summed E-state index contributed by atoms with van der Waals surface area (Å²) in [6.07, 6.45) is 3.07. The molecule has 2 aromatic carbocycles. The third-order valence-corrected chi connectivity index (χ3v) is 5.47. The Bertz CT molecular complexity index is 1140. The summed E-state index contributed by atoms with van der Waals surface area (Å²) in [7, 11) is 0.245. The molecular weight excluding hydrogens is 408 g/mol. The molecule has 0 saturated carbocycles. The maximum atomic E-state index is 12.2. The van der Waals surface area contributed by atoms with Crippen LogP contribution in [-0.2, 0) is 16.8 Å². The van der Waals surface area contributed by atoms with E-state index < -0.39 is 10.3 Å². The fourth-order valence-corrected chi connectivity index (χ4v) is 3.09. The molecule has 0 atom stereocenters. The van der Waals surface area contributed by atoms with Crippen LogP contribution in [0.25, 0.3) is 0 Å². The van der Waals surface area contributed by atoms with Crippen molar-refractivity contribution in [3.05, 3.63) is 66.2 Å². The Balaban J connectivity index is 1.96. The largest absolute Gasteiger partial charge is 0.493 e. The van der Waals surface area contributed by atoms with Gasteiger partial charge in [0.05, 0.1) is 31.0 Å². The molecule has 3 rings (SSSR count). The number of benzene rings is 2. The number of nitrogens with zero attached hydrogens (tertiary/aromatic N) is 6. The molecule has 30 heavy (non-hydrogen) atoms. The van der Waals surface area contributed by atoms with Crippen LogP contribution in [0.3, 0.4) is 0 Å². The third-order valence-electron chi connectivity index (χ3n) is 4.18. The third kappa shape index (κ3) is 4.68. The highest BCUT2D eigenvalue weighted by atomic mass is 32.2. The molecule has 1 heterocycles. The highest BCUT2D eigenvalue weighted by molar-refractivity contribution is 7.84. The summed E-state index contributed by atoms with van der Waals surface area (Å²) in [6, 6.07) is 14.1. The summed E-state index contributed by atoms with van der Waals surface area (Å²) in [5.74, 6) is 0.366. The van der Waals surface area contributed by atoms with Crippen LogP contribution in [0, 0.1) is 11.3 Å². The van der Waals surface area contributed by atoms with E-state index in [1.165, 1.54) is 33.9 Å². The van der Waals surface area contributed by atoms with Gasteiger partial charge in [-0.3, -0.25) is 5.01 Å². The average molecular weight is 428 g/mol. The number of rotatable bonds is 8. The van der Waals surface area contributed by atoms with E-state index in [1.54, 1.807) is 47.1 Å². The van der Waals surface area contributed by atoms with Gasteiger partial charge in [0.25, 0.3) is 0 Å². The zero-order valence-corrected chi connectivity index (χ0v) is 17.4. The topological polar surface area (TPSA) is 114 Å². The average Bonchev–Trinajstić information content (AvgIpc) is 3.26. The van der Waals surface area contributed by atoms with Crippen LogP contribution in [0.5, 0.6) is 11.5 Å². The Kier molecular flexibility index (Phi) is 6.20. The van der Waals surface area contributed by atoms with Crippen LogP contribution < -0.4 is 13.9 Å². The van der Waals surface area contributed by atoms with Crippen molar-refractivity contribution < 1.29 is 17.3 Å². The first-order valence-corrected chi connectivity index (χ1v) is 10.1. The highest BCUT2D eigenvalue weighted by Crippen LogP contribution is 2.31. The molecule has 156 valence electrons. The summed E-state index contributed by atoms with van der Waals surface area (Å²) in [5.41, 5.74) is 2.07. The van der Waals surface area contributed by atoms with E-state index >= 15 is 0 Å². The molecule has 0 aliphatic heterocycles. The van der Waals surface area contributed by atoms with Crippen molar-refractivity contribution in [2.45, 2.75) is 6.54 Å². The van der Waals surface area contributed by atoms with Gasteiger partial charge in [0.15, 0.2) is 11.5 Å². The van der Waals surface area contributed by atoms with Crippen molar-refractivity contribution in [3.8, 4) is 17.6 Å². The minimum atomic E-state index is -3.95. The van der Waals surface area contributed by atoms with Crippen LogP contribution in [0.2, 0.25) is 0 Å². The molecule has 0 N–H and O–H groups in total. The fourth-order valence-electron chi connectivity index (χ4n) is 2.58. The molecule has 0 fully saturated rings. The molecule has 0 unspecified atom stereocenters. The van der Waals surface area contributed by atoms with Crippen molar-refractivity contribution in [2.24, 2.45) is 0 Å². The van der Waals surface area contributed by atoms with Crippen LogP contribution in [0.4, 0.5) is 5.69 Å². The van der Waals surface area contributed by atoms with Crippen molar-refractivity contribution in [3.63, 3.8) is 0 Å². The Morgan fingerprint density at radius 3 is 2.30 bits per heavy atom. The van der Waals surface area contributed by atoms with E-state index in [2.05, 4.69) is 16.3 Å². The minimum absolute atomic E-state index is 0.0761. The first-order chi connectivity index (χ1) is 14.3. The molecule has 11 heteroatoms. The van der Waals surface area contributed by atoms with Crippen LogP contribution in [0.1, 0.15) is 11.1 Å². The van der Waals surface area contributed by atoms with E-state index in [-0.39, 0.29) is 5.75 Å². The Labute approximate surface area is 174 Å². The van der Waals surface area contributed by atoms with Crippen LogP contribution in [0.15, 0.2) is 55.1 Å². The van der Waals surface area contributed by atoms with Gasteiger partial charge in [-0.15, -0.1) is 10.2 Å². The van der Waals surface area contributed by atoms with E-state index in [9.17, 15) is 8.42 Å². The summed E-state index contributed by atoms with van der Waals surface area (Å²) in [4.78, 5) is 0. The summed E-state index contributed by atoms with van der Waals surface area (Å²) >= 11 is 0. The molecule has 0 amide bonds. The molecule has 0 saturated heterocycles. The molecule has 0 aliphatic rings. The first-order valence-electron chi connectivity index (χ1n) is 8.75. The molecule has 0 bridgehead atoms. The van der Waals surface area contributed by atoms with E-state index in [0.717, 1.165) is 15.6 Å². The van der Waals surface area contributed by atoms with Gasteiger partial charge in [-0.05, 0) is 42.0 Å². The van der Waals surface area contributed by atoms with Gasteiger partial charge in [0.2, 0.25) is 0 Å². The molecule has 3 aromatic rings. The van der Waals surface area contributed by atoms with Crippen molar-refractivity contribution in [2.75, 3.05) is 26.2 Å². The van der Waals surface area contributed by atoms with Crippen LogP contribution in [-0.4, -0.2) is 48.8 Å². The lowest BCUT2D eigenvalue weighted by Gasteiger charge is -2.25. The van der Waals surface area contributed by atoms with Crippen LogP contribution >= 0.6 is 0 Å². The van der Waals surface area contributed by atoms with Gasteiger partial charge in [-0.25, -0.2) is 4.68 Å². The monoisotopic (exact) mass is 428 g/mol. The van der Waals surface area contributed by atoms with Crippen molar-refractivity contribution in [1.29, 1.82) is 5.26 Å². The van der Waals surface area contributed by atoms with Gasteiger partial charge in [-0.1, -0.05) is 6.07 Å². The predicted molar refractivity (Wildman–Crippen MR) is 109 cm³/mol. The van der Waals surface area contributed by atoms with Gasteiger partial charge < -0.3 is 8.92 Å². The second-order valence-electron chi connectivity index (χ2n) is 6.37. The number of anilines is 1. The standard InChI is InChI=1S/C19H20N6O4S/c1-23(2)30(26,27)29-19-10-16(6-9-18(19)28-3)12-25(24-13-21-22-14-24)17-7-4-15(11-20)5-8-17/h4-10,13-14H,12H2,1-3H3. The summed E-state index contributed by atoms with van der Waals surface area (Å²) in [5, 5.41) is 18.6. The van der Waals surface area contributed by atoms with E-state index in [4.69, 9.17) is 14.2 Å². The number of hydrogen-bond donors (Lipinski definition) is 0. The predicted octanol–water partition coefficient (Wildman–Crippen LogP) is 1.81. The maximum Gasteiger partial charge on any atom is 0.384 e. The first kappa shape index (κ1) is 21.1. The van der Waals surface area contributed by atoms with Gasteiger partial charge in [0, 0.05) is 14.1 Å². The number of aromatic nitrogens is 3. The molecule has 10 nitrogen and oxygen atoms in total. The Morgan fingerprint density at radius 1 is 1.07 bits per heavy atom. The lowest BCUT2D eigenvalue weighted by atomic mass is 10.1. The molecule has 0 radical (unpaired) electrons. The fraction of sp³-hybridized carbons (Fsp3) is 0.211. The maximum absolute atomic E-state index is 12.2.